The minimum Gasteiger partial charge on any atom is -0.208 e. The molecular formula is C50H32N4S. The maximum absolute atomic E-state index is 10.1. The van der Waals surface area contributed by atoms with E-state index in [1.54, 1.807) is 0 Å². The fourth-order valence-corrected chi connectivity index (χ4v) is 8.99. The Balaban J connectivity index is 0.967. The molecule has 0 radical (unpaired) electrons. The summed E-state index contributed by atoms with van der Waals surface area (Å²) in [6, 6.07) is 59.5. The van der Waals surface area contributed by atoms with Gasteiger partial charge in [0.1, 0.15) is 0 Å². The predicted molar refractivity (Wildman–Crippen MR) is 227 cm³/mol. The summed E-state index contributed by atoms with van der Waals surface area (Å²) in [5.41, 5.74) is 9.39. The Morgan fingerprint density at radius 3 is 1.76 bits per heavy atom. The number of thiophene rings is 1. The van der Waals surface area contributed by atoms with Gasteiger partial charge in [-0.1, -0.05) is 152 Å². The molecule has 0 spiro atoms. The molecule has 1 aliphatic carbocycles. The average molecular weight is 721 g/mol. The Hall–Kier alpha value is -7.00. The SMILES string of the molecule is N#CC1=CC(c2cccc3c2sc2ccccc23)CC(c2ccc3ccc(-c4ccc(-c5nc(-c6ccccc6)nc(-c6ccccc6)n5)cc4)cc3c2)=C1. The quantitative estimate of drug-likeness (QED) is 0.172. The molecule has 0 saturated carbocycles. The van der Waals surface area contributed by atoms with Gasteiger partial charge in [0.25, 0.3) is 0 Å². The minimum atomic E-state index is 0.115. The van der Waals surface area contributed by atoms with Gasteiger partial charge in [-0.05, 0) is 69.3 Å². The van der Waals surface area contributed by atoms with Crippen molar-refractivity contribution in [3.8, 4) is 51.4 Å². The lowest BCUT2D eigenvalue weighted by Gasteiger charge is -2.21. The molecule has 0 amide bonds. The van der Waals surface area contributed by atoms with Gasteiger partial charge in [-0.25, -0.2) is 15.0 Å². The number of allylic oxidation sites excluding steroid dienone is 4. The van der Waals surface area contributed by atoms with Gasteiger partial charge in [0, 0.05) is 48.4 Å². The number of nitrogens with zero attached hydrogens (tertiary/aromatic N) is 4. The minimum absolute atomic E-state index is 0.115. The monoisotopic (exact) mass is 720 g/mol. The summed E-state index contributed by atoms with van der Waals surface area (Å²) in [5.74, 6) is 2.04. The molecule has 5 heteroatoms. The normalized spacial score (nSPS) is 14.1. The van der Waals surface area contributed by atoms with Crippen LogP contribution in [0, 0.1) is 11.3 Å². The maximum Gasteiger partial charge on any atom is 0.164 e. The number of aromatic nitrogens is 3. The summed E-state index contributed by atoms with van der Waals surface area (Å²) >= 11 is 1.85. The zero-order valence-corrected chi connectivity index (χ0v) is 30.5. The zero-order chi connectivity index (χ0) is 36.7. The van der Waals surface area contributed by atoms with Crippen molar-refractivity contribution in [2.24, 2.45) is 0 Å². The van der Waals surface area contributed by atoms with Gasteiger partial charge < -0.3 is 0 Å². The molecule has 1 unspecified atom stereocenters. The Labute approximate surface area is 323 Å². The molecule has 0 N–H and O–H groups in total. The van der Waals surface area contributed by atoms with Gasteiger partial charge in [0.15, 0.2) is 17.5 Å². The fourth-order valence-electron chi connectivity index (χ4n) is 7.71. The van der Waals surface area contributed by atoms with Gasteiger partial charge in [-0.2, -0.15) is 5.26 Å². The molecule has 9 aromatic rings. The topological polar surface area (TPSA) is 62.5 Å². The summed E-state index contributed by atoms with van der Waals surface area (Å²) in [6.07, 6.45) is 5.05. The molecule has 1 aliphatic rings. The van der Waals surface area contributed by atoms with E-state index in [4.69, 9.17) is 15.0 Å². The Morgan fingerprint density at radius 1 is 0.509 bits per heavy atom. The molecule has 0 fully saturated rings. The average Bonchev–Trinajstić information content (AvgIpc) is 3.65. The molecule has 2 heterocycles. The summed E-state index contributed by atoms with van der Waals surface area (Å²) in [4.78, 5) is 14.7. The van der Waals surface area contributed by atoms with E-state index in [0.29, 0.717) is 23.0 Å². The maximum atomic E-state index is 10.1. The van der Waals surface area contributed by atoms with Crippen molar-refractivity contribution in [2.45, 2.75) is 12.3 Å². The number of fused-ring (bicyclic) bond motifs is 4. The van der Waals surface area contributed by atoms with E-state index >= 15 is 0 Å². The third-order valence-electron chi connectivity index (χ3n) is 10.5. The van der Waals surface area contributed by atoms with Gasteiger partial charge in [-0.15, -0.1) is 11.3 Å². The standard InChI is InChI=1S/C50H32N4S/c51-31-32-26-40(30-42(27-32)43-15-9-16-45-44-14-7-8-17-46(44)55-47(43)45)39-25-21-34-20-24-38(28-41(34)29-39)33-18-22-37(23-19-33)50-53-48(35-10-3-1-4-11-35)52-49(54-50)36-12-5-2-6-13-36/h1-29,42H,30H2. The third-order valence-corrected chi connectivity index (χ3v) is 11.7. The predicted octanol–water partition coefficient (Wildman–Crippen LogP) is 13.1. The van der Waals surface area contributed by atoms with Crippen LogP contribution in [-0.4, -0.2) is 15.0 Å². The van der Waals surface area contributed by atoms with E-state index in [0.717, 1.165) is 45.2 Å². The van der Waals surface area contributed by atoms with Crippen LogP contribution in [-0.2, 0) is 0 Å². The lowest BCUT2D eigenvalue weighted by Crippen LogP contribution is -2.03. The molecular weight excluding hydrogens is 689 g/mol. The second-order valence-corrected chi connectivity index (χ2v) is 15.0. The van der Waals surface area contributed by atoms with Crippen LogP contribution in [0.2, 0.25) is 0 Å². The molecule has 2 aromatic heterocycles. The van der Waals surface area contributed by atoms with Crippen molar-refractivity contribution in [3.05, 3.63) is 193 Å². The summed E-state index contributed by atoms with van der Waals surface area (Å²) < 4.78 is 2.60. The molecule has 0 bridgehead atoms. The number of rotatable bonds is 6. The van der Waals surface area contributed by atoms with Crippen LogP contribution >= 0.6 is 11.3 Å². The van der Waals surface area contributed by atoms with Crippen molar-refractivity contribution in [2.75, 3.05) is 0 Å². The van der Waals surface area contributed by atoms with Crippen LogP contribution in [0.4, 0.5) is 0 Å². The van der Waals surface area contributed by atoms with E-state index in [-0.39, 0.29) is 5.92 Å². The first-order valence-corrected chi connectivity index (χ1v) is 19.2. The van der Waals surface area contributed by atoms with Gasteiger partial charge in [0.2, 0.25) is 0 Å². The van der Waals surface area contributed by atoms with E-state index in [2.05, 4.69) is 121 Å². The summed E-state index contributed by atoms with van der Waals surface area (Å²) in [6.45, 7) is 0. The lowest BCUT2D eigenvalue weighted by atomic mass is 9.82. The fraction of sp³-hybridized carbons (Fsp3) is 0.0400. The molecule has 1 atom stereocenters. The highest BCUT2D eigenvalue weighted by molar-refractivity contribution is 7.26. The van der Waals surface area contributed by atoms with Crippen molar-refractivity contribution in [1.29, 1.82) is 5.26 Å². The Bertz CT molecular complexity index is 2950. The molecule has 0 saturated heterocycles. The first-order chi connectivity index (χ1) is 27.2. The van der Waals surface area contributed by atoms with Crippen molar-refractivity contribution in [3.63, 3.8) is 0 Å². The van der Waals surface area contributed by atoms with Crippen molar-refractivity contribution in [1.82, 2.24) is 15.0 Å². The first-order valence-electron chi connectivity index (χ1n) is 18.4. The van der Waals surface area contributed by atoms with Crippen LogP contribution in [0.1, 0.15) is 23.5 Å². The summed E-state index contributed by atoms with van der Waals surface area (Å²) in [5, 5.41) is 15.1. The molecule has 10 rings (SSSR count). The van der Waals surface area contributed by atoms with Gasteiger partial charge in [0.05, 0.1) is 6.07 Å². The van der Waals surface area contributed by atoms with Crippen LogP contribution in [0.5, 0.6) is 0 Å². The first kappa shape index (κ1) is 32.6. The van der Waals surface area contributed by atoms with E-state index in [1.807, 2.05) is 72.0 Å². The van der Waals surface area contributed by atoms with Crippen LogP contribution in [0.25, 0.3) is 81.8 Å². The highest BCUT2D eigenvalue weighted by atomic mass is 32.1. The third kappa shape index (κ3) is 6.19. The Morgan fingerprint density at radius 2 is 1.07 bits per heavy atom. The molecule has 258 valence electrons. The summed E-state index contributed by atoms with van der Waals surface area (Å²) in [7, 11) is 0. The number of nitriles is 1. The van der Waals surface area contributed by atoms with E-state index in [1.165, 1.54) is 36.7 Å². The highest BCUT2D eigenvalue weighted by Crippen LogP contribution is 2.43. The zero-order valence-electron chi connectivity index (χ0n) is 29.7. The second-order valence-electron chi connectivity index (χ2n) is 13.9. The lowest BCUT2D eigenvalue weighted by molar-refractivity contribution is 0.872. The van der Waals surface area contributed by atoms with Crippen molar-refractivity contribution >= 4 is 47.9 Å². The number of benzene rings is 7. The van der Waals surface area contributed by atoms with Gasteiger partial charge >= 0.3 is 0 Å². The smallest absolute Gasteiger partial charge is 0.164 e. The second kappa shape index (κ2) is 13.8. The van der Waals surface area contributed by atoms with Crippen LogP contribution < -0.4 is 0 Å². The van der Waals surface area contributed by atoms with E-state index in [9.17, 15) is 5.26 Å². The van der Waals surface area contributed by atoms with Crippen LogP contribution in [0.15, 0.2) is 182 Å². The molecule has 55 heavy (non-hydrogen) atoms. The highest BCUT2D eigenvalue weighted by Gasteiger charge is 2.22. The van der Waals surface area contributed by atoms with Gasteiger partial charge in [-0.3, -0.25) is 0 Å². The van der Waals surface area contributed by atoms with E-state index < -0.39 is 0 Å². The van der Waals surface area contributed by atoms with Crippen LogP contribution in [0.3, 0.4) is 0 Å². The number of hydrogen-bond donors (Lipinski definition) is 0. The van der Waals surface area contributed by atoms with Crippen molar-refractivity contribution < 1.29 is 0 Å². The molecule has 7 aromatic carbocycles. The Kier molecular flexibility index (Phi) is 8.17. The molecule has 0 aliphatic heterocycles. The molecule has 4 nitrogen and oxygen atoms in total. The largest absolute Gasteiger partial charge is 0.208 e. The number of hydrogen-bond acceptors (Lipinski definition) is 5.